The fourth-order valence-corrected chi connectivity index (χ4v) is 2.63. The van der Waals surface area contributed by atoms with Crippen molar-refractivity contribution in [2.24, 2.45) is 5.92 Å². The lowest BCUT2D eigenvalue weighted by Crippen LogP contribution is -2.41. The van der Waals surface area contributed by atoms with Crippen LogP contribution >= 0.6 is 0 Å². The van der Waals surface area contributed by atoms with E-state index in [2.05, 4.69) is 16.1 Å². The number of halogens is 1. The lowest BCUT2D eigenvalue weighted by atomic mass is 9.95. The van der Waals surface area contributed by atoms with Crippen LogP contribution in [0.1, 0.15) is 24.4 Å². The lowest BCUT2D eigenvalue weighted by Gasteiger charge is -2.30. The molecular formula is C17H18FN3O. The Hall–Kier alpha value is -2.37. The maximum Gasteiger partial charge on any atom is 0.224 e. The van der Waals surface area contributed by atoms with Gasteiger partial charge in [0.05, 0.1) is 12.6 Å². The van der Waals surface area contributed by atoms with Gasteiger partial charge in [-0.1, -0.05) is 24.1 Å². The predicted octanol–water partition coefficient (Wildman–Crippen LogP) is 1.85. The maximum atomic E-state index is 13.7. The number of carbonyl (C=O) groups excluding carboxylic acids is 1. The summed E-state index contributed by atoms with van der Waals surface area (Å²) in [6, 6.07) is 6.98. The van der Waals surface area contributed by atoms with Crippen molar-refractivity contribution >= 4 is 5.91 Å². The second-order valence-corrected chi connectivity index (χ2v) is 5.35. The van der Waals surface area contributed by atoms with E-state index in [1.807, 2.05) is 6.07 Å². The summed E-state index contributed by atoms with van der Waals surface area (Å²) >= 11 is 0. The number of piperidine rings is 1. The molecule has 1 aliphatic rings. The molecule has 114 valence electrons. The van der Waals surface area contributed by atoms with E-state index >= 15 is 0 Å². The Kier molecular flexibility index (Phi) is 5.52. The summed E-state index contributed by atoms with van der Waals surface area (Å²) in [7, 11) is 0. The third-order valence-corrected chi connectivity index (χ3v) is 3.91. The van der Waals surface area contributed by atoms with Crippen molar-refractivity contribution in [1.29, 1.82) is 5.26 Å². The number of carbonyl (C=O) groups is 1. The molecule has 1 fully saturated rings. The number of nitriles is 1. The Labute approximate surface area is 129 Å². The Bertz CT molecular complexity index is 609. The monoisotopic (exact) mass is 299 g/mol. The molecule has 0 saturated carbocycles. The molecule has 4 nitrogen and oxygen atoms in total. The van der Waals surface area contributed by atoms with Gasteiger partial charge in [0, 0.05) is 11.5 Å². The minimum absolute atomic E-state index is 0.156. The molecule has 0 spiro atoms. The van der Waals surface area contributed by atoms with E-state index in [4.69, 9.17) is 6.42 Å². The highest BCUT2D eigenvalue weighted by Crippen LogP contribution is 2.20. The number of nitrogens with zero attached hydrogens (tertiary/aromatic N) is 2. The first kappa shape index (κ1) is 16.0. The van der Waals surface area contributed by atoms with Crippen LogP contribution in [0.15, 0.2) is 24.3 Å². The predicted molar refractivity (Wildman–Crippen MR) is 80.9 cm³/mol. The normalized spacial score (nSPS) is 17.2. The standard InChI is InChI=1S/C17H18FN3O/c1-2-9-21-10-7-13(8-11-21)17(22)20-16(12-19)14-5-3-4-6-15(14)18/h1,3-6,13,16H,7-11H2,(H,20,22)/t16-/m0/s1. The molecular weight excluding hydrogens is 281 g/mol. The van der Waals surface area contributed by atoms with E-state index in [1.54, 1.807) is 12.1 Å². The molecule has 0 aromatic heterocycles. The fourth-order valence-electron chi connectivity index (χ4n) is 2.63. The maximum absolute atomic E-state index is 13.7. The van der Waals surface area contributed by atoms with Gasteiger partial charge in [0.2, 0.25) is 5.91 Å². The minimum atomic E-state index is -0.961. The minimum Gasteiger partial charge on any atom is -0.336 e. The highest BCUT2D eigenvalue weighted by molar-refractivity contribution is 5.79. The number of terminal acetylenes is 1. The molecule has 1 aromatic carbocycles. The van der Waals surface area contributed by atoms with Crippen LogP contribution in [0.25, 0.3) is 0 Å². The molecule has 1 N–H and O–H groups in total. The van der Waals surface area contributed by atoms with Gasteiger partial charge in [0.1, 0.15) is 11.9 Å². The average Bonchev–Trinajstić information content (AvgIpc) is 2.54. The zero-order valence-corrected chi connectivity index (χ0v) is 12.3. The van der Waals surface area contributed by atoms with Crippen molar-refractivity contribution < 1.29 is 9.18 Å². The Balaban J connectivity index is 1.96. The summed E-state index contributed by atoms with van der Waals surface area (Å²) in [6.45, 7) is 2.11. The SMILES string of the molecule is C#CCN1CCC(C(=O)N[C@@H](C#N)c2ccccc2F)CC1. The topological polar surface area (TPSA) is 56.1 Å². The first-order valence-corrected chi connectivity index (χ1v) is 7.26. The second-order valence-electron chi connectivity index (χ2n) is 5.35. The van der Waals surface area contributed by atoms with Crippen LogP contribution < -0.4 is 5.32 Å². The largest absolute Gasteiger partial charge is 0.336 e. The highest BCUT2D eigenvalue weighted by Gasteiger charge is 2.27. The van der Waals surface area contributed by atoms with Crippen LogP contribution in [-0.4, -0.2) is 30.4 Å². The molecule has 1 heterocycles. The van der Waals surface area contributed by atoms with Crippen LogP contribution in [-0.2, 0) is 4.79 Å². The van der Waals surface area contributed by atoms with Crippen LogP contribution in [0.4, 0.5) is 4.39 Å². The van der Waals surface area contributed by atoms with Crippen molar-refractivity contribution in [2.45, 2.75) is 18.9 Å². The Morgan fingerprint density at radius 2 is 2.14 bits per heavy atom. The van der Waals surface area contributed by atoms with Gasteiger partial charge in [0.15, 0.2) is 0 Å². The molecule has 0 unspecified atom stereocenters. The average molecular weight is 299 g/mol. The third kappa shape index (κ3) is 3.84. The van der Waals surface area contributed by atoms with Gasteiger partial charge >= 0.3 is 0 Å². The fraction of sp³-hybridized carbons (Fsp3) is 0.412. The van der Waals surface area contributed by atoms with Gasteiger partial charge in [0.25, 0.3) is 0 Å². The number of benzene rings is 1. The summed E-state index contributed by atoms with van der Waals surface area (Å²) in [4.78, 5) is 14.4. The number of rotatable bonds is 4. The highest BCUT2D eigenvalue weighted by atomic mass is 19.1. The first-order valence-electron chi connectivity index (χ1n) is 7.26. The number of likely N-dealkylation sites (tertiary alicyclic amines) is 1. The summed E-state index contributed by atoms with van der Waals surface area (Å²) in [5.41, 5.74) is 0.197. The van der Waals surface area contributed by atoms with Crippen molar-refractivity contribution in [3.05, 3.63) is 35.6 Å². The van der Waals surface area contributed by atoms with Crippen LogP contribution in [0.5, 0.6) is 0 Å². The van der Waals surface area contributed by atoms with Crippen molar-refractivity contribution in [1.82, 2.24) is 10.2 Å². The van der Waals surface area contributed by atoms with Crippen molar-refractivity contribution in [3.63, 3.8) is 0 Å². The molecule has 1 aliphatic heterocycles. The molecule has 1 atom stereocenters. The number of hydrogen-bond donors (Lipinski definition) is 1. The van der Waals surface area contributed by atoms with Crippen LogP contribution in [0.2, 0.25) is 0 Å². The summed E-state index contributed by atoms with van der Waals surface area (Å²) in [5, 5.41) is 11.8. The first-order chi connectivity index (χ1) is 10.7. The van der Waals surface area contributed by atoms with Gasteiger partial charge in [-0.3, -0.25) is 9.69 Å². The van der Waals surface area contributed by atoms with E-state index in [9.17, 15) is 14.4 Å². The second kappa shape index (κ2) is 7.59. The van der Waals surface area contributed by atoms with E-state index < -0.39 is 11.9 Å². The van der Waals surface area contributed by atoms with E-state index in [1.165, 1.54) is 12.1 Å². The van der Waals surface area contributed by atoms with Gasteiger partial charge in [-0.05, 0) is 32.0 Å². The molecule has 1 aromatic rings. The van der Waals surface area contributed by atoms with Gasteiger partial charge in [-0.15, -0.1) is 6.42 Å². The summed E-state index contributed by atoms with van der Waals surface area (Å²) in [5.74, 6) is 1.75. The number of nitrogens with one attached hydrogen (secondary N) is 1. The van der Waals surface area contributed by atoms with Crippen molar-refractivity contribution in [2.75, 3.05) is 19.6 Å². The lowest BCUT2D eigenvalue weighted by molar-refractivity contribution is -0.126. The molecule has 1 saturated heterocycles. The number of amides is 1. The molecule has 22 heavy (non-hydrogen) atoms. The zero-order chi connectivity index (χ0) is 15.9. The van der Waals surface area contributed by atoms with Crippen molar-refractivity contribution in [3.8, 4) is 18.4 Å². The molecule has 0 radical (unpaired) electrons. The quantitative estimate of drug-likeness (QED) is 0.863. The zero-order valence-electron chi connectivity index (χ0n) is 12.3. The summed E-state index contributed by atoms with van der Waals surface area (Å²) in [6.07, 6.45) is 6.67. The molecule has 1 amide bonds. The van der Waals surface area contributed by atoms with Gasteiger partial charge < -0.3 is 5.32 Å². The molecule has 2 rings (SSSR count). The van der Waals surface area contributed by atoms with E-state index in [-0.39, 0.29) is 17.4 Å². The third-order valence-electron chi connectivity index (χ3n) is 3.91. The summed E-state index contributed by atoms with van der Waals surface area (Å²) < 4.78 is 13.7. The number of hydrogen-bond acceptors (Lipinski definition) is 3. The van der Waals surface area contributed by atoms with E-state index in [0.29, 0.717) is 19.4 Å². The van der Waals surface area contributed by atoms with Gasteiger partial charge in [-0.2, -0.15) is 5.26 Å². The molecule has 5 heteroatoms. The molecule has 0 bridgehead atoms. The van der Waals surface area contributed by atoms with Crippen LogP contribution in [0.3, 0.4) is 0 Å². The Morgan fingerprint density at radius 1 is 1.45 bits per heavy atom. The smallest absolute Gasteiger partial charge is 0.224 e. The van der Waals surface area contributed by atoms with Gasteiger partial charge in [-0.25, -0.2) is 4.39 Å². The van der Waals surface area contributed by atoms with E-state index in [0.717, 1.165) is 13.1 Å². The van der Waals surface area contributed by atoms with Crippen LogP contribution in [0, 0.1) is 35.4 Å². The Morgan fingerprint density at radius 3 is 2.73 bits per heavy atom. The molecule has 0 aliphatic carbocycles.